The van der Waals surface area contributed by atoms with Crippen molar-refractivity contribution in [3.05, 3.63) is 35.9 Å². The molecule has 1 aliphatic carbocycles. The Balaban J connectivity index is 2.03. The van der Waals surface area contributed by atoms with Gasteiger partial charge in [-0.3, -0.25) is 4.79 Å². The molecule has 0 bridgehead atoms. The van der Waals surface area contributed by atoms with Crippen molar-refractivity contribution in [3.8, 4) is 0 Å². The van der Waals surface area contributed by atoms with Gasteiger partial charge >= 0.3 is 0 Å². The van der Waals surface area contributed by atoms with E-state index in [2.05, 4.69) is 31.2 Å². The zero-order valence-electron chi connectivity index (χ0n) is 14.7. The molecule has 1 saturated carbocycles. The zero-order valence-corrected chi connectivity index (χ0v) is 14.7. The van der Waals surface area contributed by atoms with Crippen LogP contribution in [-0.4, -0.2) is 43.5 Å². The number of rotatable bonds is 6. The lowest BCUT2D eigenvalue weighted by molar-refractivity contribution is -0.123. The highest BCUT2D eigenvalue weighted by Crippen LogP contribution is 2.35. The number of nitrogens with zero attached hydrogens (tertiary/aromatic N) is 1. The zero-order chi connectivity index (χ0) is 16.9. The Morgan fingerprint density at radius 1 is 1.39 bits per heavy atom. The lowest BCUT2D eigenvalue weighted by Crippen LogP contribution is -2.55. The summed E-state index contributed by atoms with van der Waals surface area (Å²) in [6, 6.07) is 9.81. The van der Waals surface area contributed by atoms with E-state index in [-0.39, 0.29) is 17.4 Å². The van der Waals surface area contributed by atoms with Gasteiger partial charge < -0.3 is 16.0 Å². The van der Waals surface area contributed by atoms with E-state index in [1.54, 1.807) is 0 Å². The standard InChI is InChI=1S/C19H31N3O/c1-15-8-7-11-19(12-15,22(2)3)14-21-18(23)17(13-20)16-9-5-4-6-10-16/h4-6,9-10,15,17H,7-8,11-14,20H2,1-3H3,(H,21,23). The van der Waals surface area contributed by atoms with Crippen LogP contribution in [0.15, 0.2) is 30.3 Å². The number of likely N-dealkylation sites (N-methyl/N-ethyl adjacent to an activating group) is 1. The summed E-state index contributed by atoms with van der Waals surface area (Å²) in [5.74, 6) is 0.483. The molecule has 1 aromatic rings. The van der Waals surface area contributed by atoms with E-state index >= 15 is 0 Å². The third kappa shape index (κ3) is 4.33. The molecule has 1 aromatic carbocycles. The molecule has 3 unspecified atom stereocenters. The number of carbonyl (C=O) groups excluding carboxylic acids is 1. The lowest BCUT2D eigenvalue weighted by Gasteiger charge is -2.45. The number of hydrogen-bond acceptors (Lipinski definition) is 3. The summed E-state index contributed by atoms with van der Waals surface area (Å²) in [5, 5.41) is 3.18. The van der Waals surface area contributed by atoms with Crippen molar-refractivity contribution in [3.63, 3.8) is 0 Å². The molecule has 0 spiro atoms. The second-order valence-corrected chi connectivity index (χ2v) is 7.24. The van der Waals surface area contributed by atoms with Crippen molar-refractivity contribution in [1.82, 2.24) is 10.2 Å². The van der Waals surface area contributed by atoms with Gasteiger partial charge in [0, 0.05) is 18.6 Å². The number of amides is 1. The minimum atomic E-state index is -0.267. The van der Waals surface area contributed by atoms with Crippen LogP contribution in [0.2, 0.25) is 0 Å². The van der Waals surface area contributed by atoms with E-state index in [0.717, 1.165) is 18.4 Å². The summed E-state index contributed by atoms with van der Waals surface area (Å²) >= 11 is 0. The maximum Gasteiger partial charge on any atom is 0.228 e. The molecular weight excluding hydrogens is 286 g/mol. The molecule has 128 valence electrons. The van der Waals surface area contributed by atoms with E-state index in [0.29, 0.717) is 19.0 Å². The third-order valence-corrected chi connectivity index (χ3v) is 5.36. The van der Waals surface area contributed by atoms with Gasteiger partial charge in [0.1, 0.15) is 0 Å². The summed E-state index contributed by atoms with van der Waals surface area (Å²) in [4.78, 5) is 14.9. The molecule has 23 heavy (non-hydrogen) atoms. The van der Waals surface area contributed by atoms with Gasteiger partial charge in [0.25, 0.3) is 0 Å². The van der Waals surface area contributed by atoms with Gasteiger partial charge in [0.2, 0.25) is 5.91 Å². The van der Waals surface area contributed by atoms with Gasteiger partial charge in [-0.25, -0.2) is 0 Å². The first-order valence-corrected chi connectivity index (χ1v) is 8.68. The molecule has 0 heterocycles. The fourth-order valence-electron chi connectivity index (χ4n) is 3.81. The highest BCUT2D eigenvalue weighted by molar-refractivity contribution is 5.84. The first-order chi connectivity index (χ1) is 11.0. The van der Waals surface area contributed by atoms with Crippen molar-refractivity contribution < 1.29 is 4.79 Å². The number of hydrogen-bond donors (Lipinski definition) is 2. The third-order valence-electron chi connectivity index (χ3n) is 5.36. The topological polar surface area (TPSA) is 58.4 Å². The molecule has 4 heteroatoms. The number of benzene rings is 1. The van der Waals surface area contributed by atoms with Crippen LogP contribution in [0.1, 0.15) is 44.1 Å². The van der Waals surface area contributed by atoms with Crippen molar-refractivity contribution in [1.29, 1.82) is 0 Å². The highest BCUT2D eigenvalue weighted by atomic mass is 16.1. The summed E-state index contributed by atoms with van der Waals surface area (Å²) in [6.07, 6.45) is 4.80. The van der Waals surface area contributed by atoms with Crippen LogP contribution in [0.4, 0.5) is 0 Å². The average Bonchev–Trinajstić information content (AvgIpc) is 2.54. The van der Waals surface area contributed by atoms with E-state index in [1.807, 2.05) is 30.3 Å². The average molecular weight is 317 g/mol. The summed E-state index contributed by atoms with van der Waals surface area (Å²) in [7, 11) is 4.25. The van der Waals surface area contributed by atoms with Crippen molar-refractivity contribution in [2.24, 2.45) is 11.7 Å². The fraction of sp³-hybridized carbons (Fsp3) is 0.632. The minimum Gasteiger partial charge on any atom is -0.354 e. The Bertz CT molecular complexity index is 503. The van der Waals surface area contributed by atoms with Gasteiger partial charge in [0.05, 0.1) is 5.92 Å². The van der Waals surface area contributed by atoms with E-state index in [9.17, 15) is 4.79 Å². The largest absolute Gasteiger partial charge is 0.354 e. The number of nitrogens with two attached hydrogens (primary N) is 1. The molecule has 1 amide bonds. The number of carbonyl (C=O) groups is 1. The van der Waals surface area contributed by atoms with E-state index < -0.39 is 0 Å². The van der Waals surface area contributed by atoms with Crippen molar-refractivity contribution >= 4 is 5.91 Å². The minimum absolute atomic E-state index is 0.0400. The SMILES string of the molecule is CC1CCCC(CNC(=O)C(CN)c2ccccc2)(N(C)C)C1. The molecular formula is C19H31N3O. The molecule has 0 radical (unpaired) electrons. The monoisotopic (exact) mass is 317 g/mol. The van der Waals surface area contributed by atoms with Crippen LogP contribution in [0.5, 0.6) is 0 Å². The fourth-order valence-corrected chi connectivity index (χ4v) is 3.81. The predicted octanol–water partition coefficient (Wildman–Crippen LogP) is 2.36. The van der Waals surface area contributed by atoms with Crippen LogP contribution < -0.4 is 11.1 Å². The number of nitrogens with one attached hydrogen (secondary N) is 1. The maximum absolute atomic E-state index is 12.7. The molecule has 2 rings (SSSR count). The van der Waals surface area contributed by atoms with Gasteiger partial charge in [-0.05, 0) is 38.4 Å². The first kappa shape index (κ1) is 18.0. The molecule has 3 atom stereocenters. The lowest BCUT2D eigenvalue weighted by atomic mass is 9.75. The van der Waals surface area contributed by atoms with Crippen molar-refractivity contribution in [2.45, 2.75) is 44.1 Å². The molecule has 3 N–H and O–H groups in total. The highest BCUT2D eigenvalue weighted by Gasteiger charge is 2.37. The Hall–Kier alpha value is -1.39. The predicted molar refractivity (Wildman–Crippen MR) is 95.3 cm³/mol. The Morgan fingerprint density at radius 2 is 2.09 bits per heavy atom. The molecule has 0 aromatic heterocycles. The first-order valence-electron chi connectivity index (χ1n) is 8.68. The Kier molecular flexibility index (Phi) is 6.19. The normalized spacial score (nSPS) is 26.0. The maximum atomic E-state index is 12.7. The van der Waals surface area contributed by atoms with E-state index in [4.69, 9.17) is 5.73 Å². The van der Waals surface area contributed by atoms with Crippen LogP contribution in [-0.2, 0) is 4.79 Å². The van der Waals surface area contributed by atoms with Crippen LogP contribution in [0.3, 0.4) is 0 Å². The quantitative estimate of drug-likeness (QED) is 0.847. The van der Waals surface area contributed by atoms with Crippen LogP contribution in [0, 0.1) is 5.92 Å². The van der Waals surface area contributed by atoms with Gasteiger partial charge in [-0.1, -0.05) is 50.1 Å². The molecule has 1 fully saturated rings. The van der Waals surface area contributed by atoms with E-state index in [1.165, 1.54) is 12.8 Å². The molecule has 4 nitrogen and oxygen atoms in total. The molecule has 0 aliphatic heterocycles. The second-order valence-electron chi connectivity index (χ2n) is 7.24. The molecule has 1 aliphatic rings. The summed E-state index contributed by atoms with van der Waals surface area (Å²) in [5.41, 5.74) is 6.92. The summed E-state index contributed by atoms with van der Waals surface area (Å²) < 4.78 is 0. The second kappa shape index (κ2) is 7.93. The summed E-state index contributed by atoms with van der Waals surface area (Å²) in [6.45, 7) is 3.35. The Labute approximate surface area is 140 Å². The van der Waals surface area contributed by atoms with Crippen molar-refractivity contribution in [2.75, 3.05) is 27.2 Å². The van der Waals surface area contributed by atoms with Crippen LogP contribution >= 0.6 is 0 Å². The molecule has 0 saturated heterocycles. The van der Waals surface area contributed by atoms with Crippen LogP contribution in [0.25, 0.3) is 0 Å². The smallest absolute Gasteiger partial charge is 0.228 e. The van der Waals surface area contributed by atoms with Gasteiger partial charge in [0.15, 0.2) is 0 Å². The van der Waals surface area contributed by atoms with Gasteiger partial charge in [-0.15, -0.1) is 0 Å². The Morgan fingerprint density at radius 3 is 2.65 bits per heavy atom. The van der Waals surface area contributed by atoms with Gasteiger partial charge in [-0.2, -0.15) is 0 Å².